The molecule has 7 heteroatoms. The monoisotopic (exact) mass is 348 g/mol. The average Bonchev–Trinajstić information content (AvgIpc) is 3.24. The molecule has 1 aliphatic rings. The number of carbonyl (C=O) groups is 2. The smallest absolute Gasteiger partial charge is 0.303 e. The van der Waals surface area contributed by atoms with Gasteiger partial charge in [-0.15, -0.1) is 11.3 Å². The standard InChI is InChI=1S/C17H20N2O4S/c20-15(19-8-2-1-4-13(19)6-7-16(21)22)10-12-11-23-17(18-12)14-5-3-9-24-14/h3,5,9,11,13H,1-2,4,6-8,10H2,(H,21,22)/t13-/m0/s1. The maximum Gasteiger partial charge on any atom is 0.303 e. The van der Waals surface area contributed by atoms with Crippen molar-refractivity contribution in [2.24, 2.45) is 0 Å². The summed E-state index contributed by atoms with van der Waals surface area (Å²) in [6.07, 6.45) is 5.22. The van der Waals surface area contributed by atoms with Gasteiger partial charge >= 0.3 is 5.97 Å². The van der Waals surface area contributed by atoms with Crippen LogP contribution in [0, 0.1) is 0 Å². The van der Waals surface area contributed by atoms with Crippen LogP contribution in [0.25, 0.3) is 10.8 Å². The number of likely N-dealkylation sites (tertiary alicyclic amines) is 1. The van der Waals surface area contributed by atoms with Crippen LogP contribution in [0.5, 0.6) is 0 Å². The number of nitrogens with zero attached hydrogens (tertiary/aromatic N) is 2. The zero-order valence-electron chi connectivity index (χ0n) is 13.3. The Kier molecular flexibility index (Phi) is 5.30. The molecule has 0 aliphatic carbocycles. The number of aliphatic carboxylic acids is 1. The molecule has 2 aromatic heterocycles. The van der Waals surface area contributed by atoms with Crippen molar-refractivity contribution in [3.63, 3.8) is 0 Å². The van der Waals surface area contributed by atoms with Crippen LogP contribution in [0.2, 0.25) is 0 Å². The topological polar surface area (TPSA) is 83.6 Å². The van der Waals surface area contributed by atoms with Crippen LogP contribution < -0.4 is 0 Å². The molecule has 1 amide bonds. The summed E-state index contributed by atoms with van der Waals surface area (Å²) < 4.78 is 5.45. The maximum atomic E-state index is 12.6. The molecule has 1 saturated heterocycles. The molecule has 3 rings (SSSR count). The van der Waals surface area contributed by atoms with Gasteiger partial charge in [0.1, 0.15) is 6.26 Å². The number of thiophene rings is 1. The van der Waals surface area contributed by atoms with Gasteiger partial charge in [0.2, 0.25) is 11.8 Å². The molecule has 1 atom stereocenters. The summed E-state index contributed by atoms with van der Waals surface area (Å²) >= 11 is 1.54. The SMILES string of the molecule is O=C(O)CC[C@@H]1CCCCN1C(=O)Cc1coc(-c2cccs2)n1. The lowest BCUT2D eigenvalue weighted by Gasteiger charge is -2.35. The molecule has 0 radical (unpaired) electrons. The first kappa shape index (κ1) is 16.7. The Morgan fingerprint density at radius 1 is 1.42 bits per heavy atom. The lowest BCUT2D eigenvalue weighted by Crippen LogP contribution is -2.44. The highest BCUT2D eigenvalue weighted by Gasteiger charge is 2.27. The minimum absolute atomic E-state index is 0.00359. The van der Waals surface area contributed by atoms with Crippen LogP contribution in [0.15, 0.2) is 28.2 Å². The first-order valence-electron chi connectivity index (χ1n) is 8.13. The highest BCUT2D eigenvalue weighted by molar-refractivity contribution is 7.13. The summed E-state index contributed by atoms with van der Waals surface area (Å²) in [6, 6.07) is 3.87. The molecule has 6 nitrogen and oxygen atoms in total. The Morgan fingerprint density at radius 2 is 2.29 bits per heavy atom. The molecule has 1 fully saturated rings. The maximum absolute atomic E-state index is 12.6. The van der Waals surface area contributed by atoms with Gasteiger partial charge in [-0.2, -0.15) is 0 Å². The highest BCUT2D eigenvalue weighted by atomic mass is 32.1. The summed E-state index contributed by atoms with van der Waals surface area (Å²) in [5.74, 6) is -0.282. The van der Waals surface area contributed by atoms with Crippen LogP contribution in [-0.2, 0) is 16.0 Å². The van der Waals surface area contributed by atoms with Gasteiger partial charge in [-0.25, -0.2) is 4.98 Å². The molecule has 0 saturated carbocycles. The second kappa shape index (κ2) is 7.61. The number of hydrogen-bond acceptors (Lipinski definition) is 5. The predicted molar refractivity (Wildman–Crippen MR) is 89.7 cm³/mol. The molecule has 3 heterocycles. The van der Waals surface area contributed by atoms with Crippen molar-refractivity contribution in [1.82, 2.24) is 9.88 Å². The Morgan fingerprint density at radius 3 is 3.04 bits per heavy atom. The predicted octanol–water partition coefficient (Wildman–Crippen LogP) is 3.19. The van der Waals surface area contributed by atoms with Crippen molar-refractivity contribution >= 4 is 23.2 Å². The van der Waals surface area contributed by atoms with E-state index < -0.39 is 5.97 Å². The summed E-state index contributed by atoms with van der Waals surface area (Å²) in [5, 5.41) is 10.8. The fraction of sp³-hybridized carbons (Fsp3) is 0.471. The van der Waals surface area contributed by atoms with Gasteiger partial charge in [0.05, 0.1) is 17.0 Å². The second-order valence-electron chi connectivity index (χ2n) is 5.97. The molecule has 24 heavy (non-hydrogen) atoms. The highest BCUT2D eigenvalue weighted by Crippen LogP contribution is 2.25. The van der Waals surface area contributed by atoms with E-state index in [1.807, 2.05) is 22.4 Å². The number of hydrogen-bond donors (Lipinski definition) is 1. The molecule has 2 aromatic rings. The van der Waals surface area contributed by atoms with Crippen molar-refractivity contribution in [3.8, 4) is 10.8 Å². The lowest BCUT2D eigenvalue weighted by atomic mass is 9.97. The van der Waals surface area contributed by atoms with Crippen molar-refractivity contribution in [1.29, 1.82) is 0 Å². The first-order chi connectivity index (χ1) is 11.6. The Hall–Kier alpha value is -2.15. The lowest BCUT2D eigenvalue weighted by molar-refractivity contribution is -0.139. The van der Waals surface area contributed by atoms with E-state index in [1.165, 1.54) is 17.6 Å². The van der Waals surface area contributed by atoms with Crippen LogP contribution in [0.1, 0.15) is 37.8 Å². The van der Waals surface area contributed by atoms with Gasteiger partial charge in [-0.3, -0.25) is 9.59 Å². The third kappa shape index (κ3) is 4.03. The Labute approximate surface area is 144 Å². The van der Waals surface area contributed by atoms with Crippen LogP contribution >= 0.6 is 11.3 Å². The summed E-state index contributed by atoms with van der Waals surface area (Å²) in [5.41, 5.74) is 0.617. The number of oxazole rings is 1. The van der Waals surface area contributed by atoms with Crippen LogP contribution in [0.3, 0.4) is 0 Å². The van der Waals surface area contributed by atoms with Gasteiger partial charge in [0.25, 0.3) is 0 Å². The summed E-state index contributed by atoms with van der Waals surface area (Å²) in [6.45, 7) is 0.693. The fourth-order valence-electron chi connectivity index (χ4n) is 3.08. The third-order valence-corrected chi connectivity index (χ3v) is 5.11. The van der Waals surface area contributed by atoms with Gasteiger partial charge in [-0.1, -0.05) is 6.07 Å². The minimum atomic E-state index is -0.815. The zero-order chi connectivity index (χ0) is 16.9. The zero-order valence-corrected chi connectivity index (χ0v) is 14.1. The van der Waals surface area contributed by atoms with Gasteiger partial charge in [0, 0.05) is 19.0 Å². The first-order valence-corrected chi connectivity index (χ1v) is 9.01. The number of carboxylic acids is 1. The van der Waals surface area contributed by atoms with Crippen molar-refractivity contribution in [2.45, 2.75) is 44.6 Å². The van der Waals surface area contributed by atoms with E-state index in [1.54, 1.807) is 0 Å². The van der Waals surface area contributed by atoms with E-state index >= 15 is 0 Å². The number of aromatic nitrogens is 1. The van der Waals surface area contributed by atoms with E-state index in [0.29, 0.717) is 24.6 Å². The molecule has 0 bridgehead atoms. The van der Waals surface area contributed by atoms with Gasteiger partial charge < -0.3 is 14.4 Å². The third-order valence-electron chi connectivity index (χ3n) is 4.25. The van der Waals surface area contributed by atoms with E-state index in [-0.39, 0.29) is 24.8 Å². The summed E-state index contributed by atoms with van der Waals surface area (Å²) in [7, 11) is 0. The van der Waals surface area contributed by atoms with Gasteiger partial charge in [-0.05, 0) is 37.1 Å². The molecule has 1 aliphatic heterocycles. The minimum Gasteiger partial charge on any atom is -0.481 e. The van der Waals surface area contributed by atoms with Gasteiger partial charge in [0.15, 0.2) is 0 Å². The number of amides is 1. The van der Waals surface area contributed by atoms with Crippen LogP contribution in [0.4, 0.5) is 0 Å². The largest absolute Gasteiger partial charge is 0.481 e. The number of carboxylic acid groups (broad SMARTS) is 1. The van der Waals surface area contributed by atoms with Crippen molar-refractivity contribution < 1.29 is 19.1 Å². The fourth-order valence-corrected chi connectivity index (χ4v) is 3.73. The van der Waals surface area contributed by atoms with Crippen molar-refractivity contribution in [2.75, 3.05) is 6.54 Å². The van der Waals surface area contributed by atoms with E-state index in [4.69, 9.17) is 9.52 Å². The molecule has 0 unspecified atom stereocenters. The Balaban J connectivity index is 1.63. The molecular weight excluding hydrogens is 328 g/mol. The average molecular weight is 348 g/mol. The number of rotatable bonds is 6. The second-order valence-corrected chi connectivity index (χ2v) is 6.91. The number of piperidine rings is 1. The summed E-state index contributed by atoms with van der Waals surface area (Å²) in [4.78, 5) is 30.6. The number of carbonyl (C=O) groups excluding carboxylic acids is 1. The molecule has 1 N–H and O–H groups in total. The van der Waals surface area contributed by atoms with E-state index in [0.717, 1.165) is 24.1 Å². The molecular formula is C17H20N2O4S. The quantitative estimate of drug-likeness (QED) is 0.867. The van der Waals surface area contributed by atoms with Crippen LogP contribution in [-0.4, -0.2) is 39.5 Å². The molecule has 128 valence electrons. The molecule has 0 aromatic carbocycles. The Bertz CT molecular complexity index is 695. The van der Waals surface area contributed by atoms with E-state index in [2.05, 4.69) is 4.98 Å². The van der Waals surface area contributed by atoms with E-state index in [9.17, 15) is 9.59 Å². The van der Waals surface area contributed by atoms with Crippen molar-refractivity contribution in [3.05, 3.63) is 29.5 Å². The molecule has 0 spiro atoms. The normalized spacial score (nSPS) is 17.8.